The molecule has 8 nitrogen and oxygen atoms in total. The van der Waals surface area contributed by atoms with Gasteiger partial charge in [0.05, 0.1) is 0 Å². The standard InChI is InChI=1S/C14H17F3N8S/c1-4-24-9(5-6-18)19-22-13(24)26-11-8(3)7(2)10-20-21-12(14(15,16)17)25(10)23-11/h4-6,18H2,1-3H3. The molecule has 26 heavy (non-hydrogen) atoms. The lowest BCUT2D eigenvalue weighted by Gasteiger charge is -2.11. The summed E-state index contributed by atoms with van der Waals surface area (Å²) in [6.07, 6.45) is -4.08. The highest BCUT2D eigenvalue weighted by Gasteiger charge is 2.38. The molecule has 3 heterocycles. The van der Waals surface area contributed by atoms with E-state index >= 15 is 0 Å². The lowest BCUT2D eigenvalue weighted by molar-refractivity contribution is -0.146. The van der Waals surface area contributed by atoms with Crippen molar-refractivity contribution >= 4 is 17.4 Å². The maximum Gasteiger partial charge on any atom is 0.453 e. The SMILES string of the molecule is CCn1c(CCN)nnc1Sc1nn2c(C(F)(F)F)nnc2c(C)c1C. The van der Waals surface area contributed by atoms with Crippen LogP contribution >= 0.6 is 11.8 Å². The quantitative estimate of drug-likeness (QED) is 0.716. The fraction of sp³-hybridized carbons (Fsp3) is 0.500. The third-order valence-electron chi connectivity index (χ3n) is 3.97. The molecule has 0 aromatic carbocycles. The zero-order chi connectivity index (χ0) is 19.1. The summed E-state index contributed by atoms with van der Waals surface area (Å²) in [7, 11) is 0. The van der Waals surface area contributed by atoms with Gasteiger partial charge in [-0.2, -0.15) is 22.8 Å². The van der Waals surface area contributed by atoms with Gasteiger partial charge in [0.1, 0.15) is 10.9 Å². The number of fused-ring (bicyclic) bond motifs is 1. The summed E-state index contributed by atoms with van der Waals surface area (Å²) < 4.78 is 42.0. The maximum atomic E-state index is 13.1. The maximum absolute atomic E-state index is 13.1. The van der Waals surface area contributed by atoms with E-state index in [1.807, 2.05) is 11.5 Å². The fourth-order valence-corrected chi connectivity index (χ4v) is 3.52. The van der Waals surface area contributed by atoms with Crippen LogP contribution < -0.4 is 5.73 Å². The van der Waals surface area contributed by atoms with Crippen LogP contribution in [0.25, 0.3) is 5.65 Å². The molecule has 0 amide bonds. The van der Waals surface area contributed by atoms with Crippen molar-refractivity contribution in [2.45, 2.75) is 50.1 Å². The molecule has 0 bridgehead atoms. The summed E-state index contributed by atoms with van der Waals surface area (Å²) in [6, 6.07) is 0. The number of aryl methyl sites for hydroxylation is 1. The molecule has 0 radical (unpaired) electrons. The molecule has 3 aromatic rings. The zero-order valence-corrected chi connectivity index (χ0v) is 15.2. The number of alkyl halides is 3. The van der Waals surface area contributed by atoms with E-state index in [0.717, 1.165) is 27.7 Å². The Morgan fingerprint density at radius 2 is 1.81 bits per heavy atom. The third-order valence-corrected chi connectivity index (χ3v) is 5.04. The Balaban J connectivity index is 2.10. The smallest absolute Gasteiger partial charge is 0.330 e. The number of rotatable bonds is 5. The molecule has 3 rings (SSSR count). The molecule has 12 heteroatoms. The van der Waals surface area contributed by atoms with Crippen LogP contribution in [0.3, 0.4) is 0 Å². The van der Waals surface area contributed by atoms with Crippen molar-refractivity contribution in [3.05, 3.63) is 22.8 Å². The molecule has 140 valence electrons. The van der Waals surface area contributed by atoms with Gasteiger partial charge >= 0.3 is 6.18 Å². The lowest BCUT2D eigenvalue weighted by Crippen LogP contribution is -2.14. The molecule has 0 saturated carbocycles. The second kappa shape index (κ2) is 6.83. The molecule has 0 saturated heterocycles. The second-order valence-electron chi connectivity index (χ2n) is 5.60. The van der Waals surface area contributed by atoms with Crippen molar-refractivity contribution < 1.29 is 13.2 Å². The first-order valence-electron chi connectivity index (χ1n) is 7.87. The van der Waals surface area contributed by atoms with Crippen LogP contribution in [0.1, 0.15) is 29.7 Å². The van der Waals surface area contributed by atoms with Gasteiger partial charge in [-0.3, -0.25) is 0 Å². The molecule has 0 unspecified atom stereocenters. The van der Waals surface area contributed by atoms with Crippen molar-refractivity contribution in [1.29, 1.82) is 0 Å². The Morgan fingerprint density at radius 3 is 2.42 bits per heavy atom. The Morgan fingerprint density at radius 1 is 1.08 bits per heavy atom. The summed E-state index contributed by atoms with van der Waals surface area (Å²) in [4.78, 5) is 0. The van der Waals surface area contributed by atoms with Crippen LogP contribution in [0.5, 0.6) is 0 Å². The van der Waals surface area contributed by atoms with Gasteiger partial charge in [-0.1, -0.05) is 0 Å². The van der Waals surface area contributed by atoms with Gasteiger partial charge in [0, 0.05) is 18.5 Å². The molecular formula is C14H17F3N8S. The molecule has 0 aliphatic rings. The Hall–Kier alpha value is -2.21. The normalized spacial score (nSPS) is 12.3. The topological polar surface area (TPSA) is 99.8 Å². The molecule has 0 atom stereocenters. The van der Waals surface area contributed by atoms with Crippen molar-refractivity contribution in [1.82, 2.24) is 34.6 Å². The highest BCUT2D eigenvalue weighted by molar-refractivity contribution is 7.99. The van der Waals surface area contributed by atoms with Crippen molar-refractivity contribution in [3.8, 4) is 0 Å². The summed E-state index contributed by atoms with van der Waals surface area (Å²) in [5.74, 6) is -0.425. The van der Waals surface area contributed by atoms with Crippen LogP contribution in [0, 0.1) is 13.8 Å². The van der Waals surface area contributed by atoms with Crippen molar-refractivity contribution in [2.24, 2.45) is 5.73 Å². The molecular weight excluding hydrogens is 369 g/mol. The molecule has 3 aromatic heterocycles. The van der Waals surface area contributed by atoms with Gasteiger partial charge in [-0.25, -0.2) is 0 Å². The molecule has 0 aliphatic heterocycles. The van der Waals surface area contributed by atoms with E-state index < -0.39 is 12.0 Å². The molecule has 0 aliphatic carbocycles. The zero-order valence-electron chi connectivity index (χ0n) is 14.4. The minimum Gasteiger partial charge on any atom is -0.330 e. The Bertz CT molecular complexity index is 946. The van der Waals surface area contributed by atoms with Crippen LogP contribution in [-0.4, -0.2) is 41.1 Å². The largest absolute Gasteiger partial charge is 0.453 e. The van der Waals surface area contributed by atoms with Gasteiger partial charge in [-0.15, -0.1) is 20.4 Å². The van der Waals surface area contributed by atoms with Crippen LogP contribution in [-0.2, 0) is 19.1 Å². The van der Waals surface area contributed by atoms with E-state index in [4.69, 9.17) is 5.73 Å². The monoisotopic (exact) mass is 386 g/mol. The number of hydrogen-bond donors (Lipinski definition) is 1. The first kappa shape index (κ1) is 18.6. The molecule has 2 N–H and O–H groups in total. The van der Waals surface area contributed by atoms with Gasteiger partial charge < -0.3 is 10.3 Å². The Labute approximate surface area is 151 Å². The number of hydrogen-bond acceptors (Lipinski definition) is 7. The predicted octanol–water partition coefficient (Wildman–Crippen LogP) is 2.02. The first-order valence-corrected chi connectivity index (χ1v) is 8.69. The average Bonchev–Trinajstić information content (AvgIpc) is 3.16. The van der Waals surface area contributed by atoms with E-state index in [9.17, 15) is 13.2 Å². The summed E-state index contributed by atoms with van der Waals surface area (Å²) in [6.45, 7) is 6.45. The van der Waals surface area contributed by atoms with Crippen molar-refractivity contribution in [2.75, 3.05) is 6.54 Å². The molecule has 0 fully saturated rings. The fourth-order valence-electron chi connectivity index (χ4n) is 2.49. The number of nitrogens with zero attached hydrogens (tertiary/aromatic N) is 7. The van der Waals surface area contributed by atoms with Crippen molar-refractivity contribution in [3.63, 3.8) is 0 Å². The summed E-state index contributed by atoms with van der Waals surface area (Å²) >= 11 is 1.16. The van der Waals surface area contributed by atoms with Crippen LogP contribution in [0.4, 0.5) is 13.2 Å². The average molecular weight is 386 g/mol. The first-order chi connectivity index (χ1) is 12.3. The van der Waals surface area contributed by atoms with Gasteiger partial charge in [-0.05, 0) is 44.6 Å². The Kier molecular flexibility index (Phi) is 4.88. The number of aromatic nitrogens is 7. The van der Waals surface area contributed by atoms with Gasteiger partial charge in [0.15, 0.2) is 10.8 Å². The highest BCUT2D eigenvalue weighted by atomic mass is 32.2. The summed E-state index contributed by atoms with van der Waals surface area (Å²) in [5.41, 5.74) is 6.95. The van der Waals surface area contributed by atoms with E-state index in [1.165, 1.54) is 0 Å². The second-order valence-corrected chi connectivity index (χ2v) is 6.55. The van der Waals surface area contributed by atoms with Crippen LogP contribution in [0.15, 0.2) is 10.2 Å². The number of nitrogens with two attached hydrogens (primary N) is 1. The summed E-state index contributed by atoms with van der Waals surface area (Å²) in [5, 5.41) is 20.2. The van der Waals surface area contributed by atoms with E-state index in [2.05, 4.69) is 25.5 Å². The van der Waals surface area contributed by atoms with Crippen LogP contribution in [0.2, 0.25) is 0 Å². The minimum atomic E-state index is -4.65. The molecule has 0 spiro atoms. The predicted molar refractivity (Wildman–Crippen MR) is 87.8 cm³/mol. The number of halogens is 3. The lowest BCUT2D eigenvalue weighted by atomic mass is 10.2. The van der Waals surface area contributed by atoms with E-state index in [-0.39, 0.29) is 5.65 Å². The highest BCUT2D eigenvalue weighted by Crippen LogP contribution is 2.33. The van der Waals surface area contributed by atoms with Gasteiger partial charge in [0.25, 0.3) is 5.82 Å². The van der Waals surface area contributed by atoms with E-state index in [1.54, 1.807) is 13.8 Å². The minimum absolute atomic E-state index is 0.0833. The third kappa shape index (κ3) is 3.14. The van der Waals surface area contributed by atoms with Gasteiger partial charge in [0.2, 0.25) is 0 Å². The van der Waals surface area contributed by atoms with E-state index in [0.29, 0.717) is 35.3 Å².